The van der Waals surface area contributed by atoms with Gasteiger partial charge in [0.2, 0.25) is 0 Å². The molecule has 37 heavy (non-hydrogen) atoms. The molecule has 5 nitrogen and oxygen atoms in total. The molecule has 1 aromatic rings. The van der Waals surface area contributed by atoms with Gasteiger partial charge in [-0.3, -0.25) is 14.5 Å². The molecular weight excluding hydrogens is 595 g/mol. The number of nitrogens with zero attached hydrogens (tertiary/aromatic N) is 1. The van der Waals surface area contributed by atoms with Gasteiger partial charge in [-0.05, 0) is 26.2 Å². The Morgan fingerprint density at radius 2 is 0.892 bits per heavy atom. The normalized spacial score (nSPS) is 12.2. The number of rotatable bonds is 6. The van der Waals surface area contributed by atoms with Gasteiger partial charge in [0, 0.05) is 53.4 Å². The van der Waals surface area contributed by atoms with Gasteiger partial charge in [-0.2, -0.15) is 0 Å². The Balaban J connectivity index is -0.00000112. The first-order valence-corrected chi connectivity index (χ1v) is 15.6. The van der Waals surface area contributed by atoms with Crippen molar-refractivity contribution in [2.75, 3.05) is 12.6 Å². The molecule has 0 aliphatic carbocycles. The van der Waals surface area contributed by atoms with Gasteiger partial charge in [0.05, 0.1) is 0 Å². The third-order valence-corrected chi connectivity index (χ3v) is 13.0. The third-order valence-electron chi connectivity index (χ3n) is 5.17. The molecule has 1 aromatic carbocycles. The van der Waals surface area contributed by atoms with Crippen molar-refractivity contribution in [2.45, 2.75) is 124 Å². The molecule has 0 aromatic heterocycles. The molecule has 2 N–H and O–H groups in total. The van der Waals surface area contributed by atoms with Crippen LogP contribution in [0.25, 0.3) is 0 Å². The predicted octanol–water partition coefficient (Wildman–Crippen LogP) is 8.74. The third kappa shape index (κ3) is 21.2. The fourth-order valence-electron chi connectivity index (χ4n) is 4.25. The van der Waals surface area contributed by atoms with Crippen molar-refractivity contribution in [3.63, 3.8) is 0 Å². The maximum atomic E-state index is 9.00. The van der Waals surface area contributed by atoms with Crippen molar-refractivity contribution in [1.29, 1.82) is 0 Å². The molecule has 220 valence electrons. The van der Waals surface area contributed by atoms with Gasteiger partial charge in [0.15, 0.2) is 0 Å². The van der Waals surface area contributed by atoms with Crippen LogP contribution in [0.1, 0.15) is 102 Å². The summed E-state index contributed by atoms with van der Waals surface area (Å²) in [4.78, 5) is 20.8. The second kappa shape index (κ2) is 17.4. The van der Waals surface area contributed by atoms with E-state index in [1.165, 1.54) is 18.1 Å². The maximum Gasteiger partial charge on any atom is 0.300 e. The monoisotopic (exact) mass is 649 g/mol. The Morgan fingerprint density at radius 1 is 0.649 bits per heavy atom. The number of carboxylic acids is 2. The van der Waals surface area contributed by atoms with Crippen LogP contribution >= 0.6 is 15.8 Å². The van der Waals surface area contributed by atoms with E-state index in [2.05, 4.69) is 118 Å². The van der Waals surface area contributed by atoms with Crippen LogP contribution in [-0.4, -0.2) is 60.2 Å². The second-order valence-electron chi connectivity index (χ2n) is 13.2. The fraction of sp³-hybridized carbons (Fsp3) is 0.724. The molecule has 0 saturated heterocycles. The predicted molar refractivity (Wildman–Crippen MR) is 161 cm³/mol. The number of hydrogen-bond acceptors (Lipinski definition) is 3. The number of benzene rings is 1. The molecule has 0 atom stereocenters. The summed E-state index contributed by atoms with van der Waals surface area (Å²) in [5, 5.41) is 16.3. The minimum absolute atomic E-state index is 0. The van der Waals surface area contributed by atoms with Crippen LogP contribution < -0.4 is 0 Å². The number of carboxylic acid groups (broad SMARTS) is 2. The SMILES string of the molecule is CC(=O)O.CC(=O)O.CC(C)(C)P(CN(Cc1ccccc1)CP(C(C)(C)C)C(C)(C)C)C(C)(C)C.[Pd]. The van der Waals surface area contributed by atoms with Crippen LogP contribution in [0.5, 0.6) is 0 Å². The van der Waals surface area contributed by atoms with Gasteiger partial charge >= 0.3 is 0 Å². The Morgan fingerprint density at radius 3 is 1.11 bits per heavy atom. The van der Waals surface area contributed by atoms with E-state index in [-0.39, 0.29) is 36.3 Å². The van der Waals surface area contributed by atoms with Crippen molar-refractivity contribution in [1.82, 2.24) is 4.90 Å². The van der Waals surface area contributed by atoms with Crippen LogP contribution in [0.3, 0.4) is 0 Å². The molecule has 0 aliphatic heterocycles. The van der Waals surface area contributed by atoms with Crippen LogP contribution in [0.15, 0.2) is 30.3 Å². The van der Waals surface area contributed by atoms with E-state index >= 15 is 0 Å². The molecule has 0 bridgehead atoms. The summed E-state index contributed by atoms with van der Waals surface area (Å²) >= 11 is 0. The van der Waals surface area contributed by atoms with Gasteiger partial charge in [-0.15, -0.1) is 0 Å². The first kappa shape index (κ1) is 41.1. The van der Waals surface area contributed by atoms with Crippen molar-refractivity contribution in [2.24, 2.45) is 0 Å². The average Bonchev–Trinajstić information content (AvgIpc) is 2.59. The summed E-state index contributed by atoms with van der Waals surface area (Å²) in [7, 11) is -0.289. The summed E-state index contributed by atoms with van der Waals surface area (Å²) in [5.74, 6) is -1.67. The fourth-order valence-corrected chi connectivity index (χ4v) is 11.3. The topological polar surface area (TPSA) is 77.8 Å². The Kier molecular flexibility index (Phi) is 19.3. The Bertz CT molecular complexity index is 694. The van der Waals surface area contributed by atoms with E-state index in [0.29, 0.717) is 20.6 Å². The zero-order chi connectivity index (χ0) is 29.1. The van der Waals surface area contributed by atoms with E-state index in [4.69, 9.17) is 19.8 Å². The van der Waals surface area contributed by atoms with Crippen LogP contribution in [0.2, 0.25) is 0 Å². The standard InChI is InChI=1S/C25H47NP2.2C2H4O2.Pd/c1-22(2,3)27(23(4,5)6)19-26(18-21-16-14-13-15-17-21)20-28(24(7,8)9)25(10,11)12;2*1-2(3)4;/h13-17H,18-20H2,1-12H3;2*1H3,(H,3,4);. The molecule has 0 spiro atoms. The van der Waals surface area contributed by atoms with Crippen molar-refractivity contribution >= 4 is 27.8 Å². The quantitative estimate of drug-likeness (QED) is 0.238. The zero-order valence-electron chi connectivity index (χ0n) is 25.9. The molecule has 0 aliphatic rings. The smallest absolute Gasteiger partial charge is 0.300 e. The summed E-state index contributed by atoms with van der Waals surface area (Å²) in [5.41, 5.74) is 1.44. The molecule has 0 heterocycles. The van der Waals surface area contributed by atoms with Gasteiger partial charge in [-0.1, -0.05) is 129 Å². The van der Waals surface area contributed by atoms with Gasteiger partial charge in [0.1, 0.15) is 0 Å². The molecule has 0 fully saturated rings. The van der Waals surface area contributed by atoms with Gasteiger partial charge < -0.3 is 10.2 Å². The zero-order valence-corrected chi connectivity index (χ0v) is 29.2. The van der Waals surface area contributed by atoms with E-state index in [9.17, 15) is 0 Å². The first-order chi connectivity index (χ1) is 15.9. The molecule has 0 amide bonds. The first-order valence-electron chi connectivity index (χ1n) is 12.6. The van der Waals surface area contributed by atoms with E-state index in [1.807, 2.05) is 0 Å². The minimum atomic E-state index is -0.833. The number of hydrogen-bond donors (Lipinski definition) is 2. The number of aliphatic carboxylic acids is 2. The van der Waals surface area contributed by atoms with Crippen LogP contribution in [-0.2, 0) is 36.6 Å². The number of carbonyl (C=O) groups is 2. The summed E-state index contributed by atoms with van der Waals surface area (Å²) in [6, 6.07) is 11.1. The average molecular weight is 650 g/mol. The van der Waals surface area contributed by atoms with Crippen molar-refractivity contribution < 1.29 is 40.2 Å². The van der Waals surface area contributed by atoms with Crippen LogP contribution in [0.4, 0.5) is 0 Å². The summed E-state index contributed by atoms with van der Waals surface area (Å²) in [6.07, 6.45) is 2.45. The molecule has 0 unspecified atom stereocenters. The maximum absolute atomic E-state index is 9.00. The van der Waals surface area contributed by atoms with Gasteiger partial charge in [-0.25, -0.2) is 0 Å². The largest absolute Gasteiger partial charge is 0.481 e. The molecule has 8 heteroatoms. The summed E-state index contributed by atoms with van der Waals surface area (Å²) < 4.78 is 0. The summed E-state index contributed by atoms with van der Waals surface area (Å²) in [6.45, 7) is 32.6. The Hall–Kier alpha value is -0.358. The van der Waals surface area contributed by atoms with E-state index < -0.39 is 11.9 Å². The second-order valence-corrected chi connectivity index (χ2v) is 20.8. The molecule has 0 saturated carbocycles. The minimum Gasteiger partial charge on any atom is -0.481 e. The van der Waals surface area contributed by atoms with Crippen LogP contribution in [0, 0.1) is 0 Å². The molecule has 1 rings (SSSR count). The molecule has 0 radical (unpaired) electrons. The molecular formula is C29H55NO4P2Pd. The Labute approximate surface area is 244 Å². The van der Waals surface area contributed by atoms with E-state index in [0.717, 1.165) is 20.4 Å². The van der Waals surface area contributed by atoms with Crippen molar-refractivity contribution in [3.8, 4) is 0 Å². The van der Waals surface area contributed by atoms with E-state index in [1.54, 1.807) is 0 Å². The van der Waals surface area contributed by atoms with Crippen molar-refractivity contribution in [3.05, 3.63) is 35.9 Å². The van der Waals surface area contributed by atoms with Gasteiger partial charge in [0.25, 0.3) is 11.9 Å².